The summed E-state index contributed by atoms with van der Waals surface area (Å²) in [6, 6.07) is 7.33. The van der Waals surface area contributed by atoms with Crippen LogP contribution in [0.3, 0.4) is 0 Å². The lowest BCUT2D eigenvalue weighted by atomic mass is 10.2. The van der Waals surface area contributed by atoms with Gasteiger partial charge in [-0.3, -0.25) is 5.32 Å². The third kappa shape index (κ3) is 5.37. The van der Waals surface area contributed by atoms with Crippen LogP contribution in [-0.4, -0.2) is 30.0 Å². The Kier molecular flexibility index (Phi) is 6.68. The van der Waals surface area contributed by atoms with Gasteiger partial charge in [0.2, 0.25) is 0 Å². The summed E-state index contributed by atoms with van der Waals surface area (Å²) in [6.07, 6.45) is -0.596. The standard InChI is InChI=1S/C12H16N4O2S2/c1-3-18-12(17)16-11(20)15-9-7-5-4-6-8(9)14-10(19)13-2/h4-7H,3H2,1-2H3,(H2,13,14,19)(H2,15,16,17,20). The van der Waals surface area contributed by atoms with Crippen LogP contribution < -0.4 is 21.3 Å². The van der Waals surface area contributed by atoms with Crippen LogP contribution >= 0.6 is 24.4 Å². The summed E-state index contributed by atoms with van der Waals surface area (Å²) in [5.41, 5.74) is 1.42. The molecule has 8 heteroatoms. The van der Waals surface area contributed by atoms with Gasteiger partial charge in [0, 0.05) is 7.05 Å². The molecule has 0 atom stereocenters. The third-order valence-electron chi connectivity index (χ3n) is 2.14. The highest BCUT2D eigenvalue weighted by molar-refractivity contribution is 7.80. The van der Waals surface area contributed by atoms with Gasteiger partial charge in [-0.2, -0.15) is 0 Å². The maximum atomic E-state index is 11.2. The van der Waals surface area contributed by atoms with Gasteiger partial charge in [-0.05, 0) is 43.5 Å². The summed E-state index contributed by atoms with van der Waals surface area (Å²) in [5, 5.41) is 11.7. The Bertz CT molecular complexity index is 508. The first kappa shape index (κ1) is 16.1. The molecule has 6 nitrogen and oxygen atoms in total. The monoisotopic (exact) mass is 312 g/mol. The van der Waals surface area contributed by atoms with Crippen molar-refractivity contribution in [2.75, 3.05) is 24.3 Å². The van der Waals surface area contributed by atoms with Crippen LogP contribution in [0.25, 0.3) is 0 Å². The molecule has 1 aromatic carbocycles. The first-order valence-electron chi connectivity index (χ1n) is 5.89. The molecule has 20 heavy (non-hydrogen) atoms. The minimum atomic E-state index is -0.596. The van der Waals surface area contributed by atoms with Gasteiger partial charge in [0.1, 0.15) is 0 Å². The third-order valence-corrected chi connectivity index (χ3v) is 2.65. The Morgan fingerprint density at radius 3 is 2.20 bits per heavy atom. The molecule has 0 saturated heterocycles. The summed E-state index contributed by atoms with van der Waals surface area (Å²) in [6.45, 7) is 2.00. The molecule has 0 heterocycles. The van der Waals surface area contributed by atoms with E-state index in [4.69, 9.17) is 29.2 Å². The largest absolute Gasteiger partial charge is 0.450 e. The van der Waals surface area contributed by atoms with Crippen LogP contribution in [0.4, 0.5) is 16.2 Å². The number of hydrogen-bond acceptors (Lipinski definition) is 4. The maximum Gasteiger partial charge on any atom is 0.413 e. The van der Waals surface area contributed by atoms with E-state index in [0.717, 1.165) is 5.69 Å². The highest BCUT2D eigenvalue weighted by atomic mass is 32.1. The average Bonchev–Trinajstić information content (AvgIpc) is 2.40. The second-order valence-corrected chi connectivity index (χ2v) is 4.37. The smallest absolute Gasteiger partial charge is 0.413 e. The number of carbonyl (C=O) groups is 1. The second-order valence-electron chi connectivity index (χ2n) is 3.55. The quantitative estimate of drug-likeness (QED) is 0.637. The Morgan fingerprint density at radius 1 is 1.15 bits per heavy atom. The minimum Gasteiger partial charge on any atom is -0.450 e. The zero-order valence-electron chi connectivity index (χ0n) is 11.1. The molecule has 1 aromatic rings. The zero-order valence-corrected chi connectivity index (χ0v) is 12.8. The van der Waals surface area contributed by atoms with E-state index in [9.17, 15) is 4.79 Å². The number of alkyl carbamates (subject to hydrolysis) is 1. The molecule has 108 valence electrons. The molecule has 0 aliphatic carbocycles. The van der Waals surface area contributed by atoms with Crippen molar-refractivity contribution < 1.29 is 9.53 Å². The number of thiocarbonyl (C=S) groups is 2. The van der Waals surface area contributed by atoms with Gasteiger partial charge < -0.3 is 20.7 Å². The van der Waals surface area contributed by atoms with E-state index < -0.39 is 6.09 Å². The van der Waals surface area contributed by atoms with Crippen molar-refractivity contribution in [2.24, 2.45) is 0 Å². The molecule has 1 rings (SSSR count). The number of hydrogen-bond donors (Lipinski definition) is 4. The van der Waals surface area contributed by atoms with Crippen LogP contribution in [0, 0.1) is 0 Å². The summed E-state index contributed by atoms with van der Waals surface area (Å²) in [4.78, 5) is 11.2. The average molecular weight is 312 g/mol. The fourth-order valence-electron chi connectivity index (χ4n) is 1.30. The van der Waals surface area contributed by atoms with Crippen molar-refractivity contribution in [2.45, 2.75) is 6.92 Å². The molecule has 0 unspecified atom stereocenters. The topological polar surface area (TPSA) is 74.4 Å². The zero-order chi connectivity index (χ0) is 15.0. The van der Waals surface area contributed by atoms with Crippen LogP contribution in [0.2, 0.25) is 0 Å². The van der Waals surface area contributed by atoms with Crippen LogP contribution in [0.1, 0.15) is 6.92 Å². The van der Waals surface area contributed by atoms with E-state index >= 15 is 0 Å². The molecule has 0 radical (unpaired) electrons. The van der Waals surface area contributed by atoms with E-state index in [0.29, 0.717) is 10.8 Å². The summed E-state index contributed by atoms with van der Waals surface area (Å²) < 4.78 is 4.74. The van der Waals surface area contributed by atoms with Gasteiger partial charge in [-0.15, -0.1) is 0 Å². The number of nitrogens with one attached hydrogen (secondary N) is 4. The van der Waals surface area contributed by atoms with Gasteiger partial charge in [0.15, 0.2) is 10.2 Å². The molecule has 0 aliphatic heterocycles. The first-order valence-corrected chi connectivity index (χ1v) is 6.71. The molecule has 0 aliphatic rings. The summed E-state index contributed by atoms with van der Waals surface area (Å²) in [7, 11) is 1.72. The van der Waals surface area contributed by atoms with E-state index in [2.05, 4.69) is 21.3 Å². The lowest BCUT2D eigenvalue weighted by molar-refractivity contribution is 0.158. The Morgan fingerprint density at radius 2 is 1.70 bits per heavy atom. The molecular formula is C12H16N4O2S2. The van der Waals surface area contributed by atoms with Gasteiger partial charge in [-0.25, -0.2) is 4.79 Å². The van der Waals surface area contributed by atoms with E-state index in [1.165, 1.54) is 0 Å². The number of amides is 1. The molecular weight excluding hydrogens is 296 g/mol. The number of para-hydroxylation sites is 2. The Balaban J connectivity index is 2.69. The molecule has 0 aromatic heterocycles. The Labute approximate surface area is 128 Å². The highest BCUT2D eigenvalue weighted by Crippen LogP contribution is 2.20. The van der Waals surface area contributed by atoms with Crippen molar-refractivity contribution in [3.8, 4) is 0 Å². The van der Waals surface area contributed by atoms with Crippen LogP contribution in [0.15, 0.2) is 24.3 Å². The number of benzene rings is 1. The Hall–Kier alpha value is -1.93. The number of carbonyl (C=O) groups excluding carboxylic acids is 1. The van der Waals surface area contributed by atoms with Gasteiger partial charge in [-0.1, -0.05) is 12.1 Å². The number of anilines is 2. The summed E-state index contributed by atoms with van der Waals surface area (Å²) in [5.74, 6) is 0. The van der Waals surface area contributed by atoms with E-state index in [1.807, 2.05) is 18.2 Å². The molecule has 0 spiro atoms. The maximum absolute atomic E-state index is 11.2. The molecule has 1 amide bonds. The van der Waals surface area contributed by atoms with Crippen molar-refractivity contribution in [3.05, 3.63) is 24.3 Å². The van der Waals surface area contributed by atoms with E-state index in [-0.39, 0.29) is 11.7 Å². The van der Waals surface area contributed by atoms with Crippen molar-refractivity contribution in [1.82, 2.24) is 10.6 Å². The normalized spacial score (nSPS) is 9.30. The summed E-state index contributed by atoms with van der Waals surface area (Å²) >= 11 is 10.1. The van der Waals surface area contributed by atoms with Crippen molar-refractivity contribution in [3.63, 3.8) is 0 Å². The lowest BCUT2D eigenvalue weighted by Gasteiger charge is -2.14. The fraction of sp³-hybridized carbons (Fsp3) is 0.250. The van der Waals surface area contributed by atoms with Crippen molar-refractivity contribution >= 4 is 52.1 Å². The highest BCUT2D eigenvalue weighted by Gasteiger charge is 2.08. The van der Waals surface area contributed by atoms with Gasteiger partial charge in [0.25, 0.3) is 0 Å². The molecule has 0 fully saturated rings. The number of rotatable bonds is 3. The predicted molar refractivity (Wildman–Crippen MR) is 88.1 cm³/mol. The predicted octanol–water partition coefficient (Wildman–Crippen LogP) is 2.05. The minimum absolute atomic E-state index is 0.146. The molecule has 0 saturated carbocycles. The second kappa shape index (κ2) is 8.28. The number of ether oxygens (including phenoxy) is 1. The van der Waals surface area contributed by atoms with Gasteiger partial charge >= 0.3 is 6.09 Å². The van der Waals surface area contributed by atoms with Crippen molar-refractivity contribution in [1.29, 1.82) is 0 Å². The lowest BCUT2D eigenvalue weighted by Crippen LogP contribution is -2.35. The first-order chi connectivity index (χ1) is 9.56. The van der Waals surface area contributed by atoms with Gasteiger partial charge in [0.05, 0.1) is 18.0 Å². The molecule has 4 N–H and O–H groups in total. The van der Waals surface area contributed by atoms with Crippen LogP contribution in [-0.2, 0) is 4.74 Å². The molecule has 0 bridgehead atoms. The van der Waals surface area contributed by atoms with E-state index in [1.54, 1.807) is 20.0 Å². The SMILES string of the molecule is CCOC(=O)NC(=S)Nc1ccccc1NC(=S)NC. The fourth-order valence-corrected chi connectivity index (χ4v) is 1.60. The van der Waals surface area contributed by atoms with Crippen LogP contribution in [0.5, 0.6) is 0 Å².